The van der Waals surface area contributed by atoms with Gasteiger partial charge in [-0.1, -0.05) is 17.4 Å². The van der Waals surface area contributed by atoms with Gasteiger partial charge in [-0.05, 0) is 73.5 Å². The lowest BCUT2D eigenvalue weighted by molar-refractivity contribution is -0.132. The first kappa shape index (κ1) is 25.8. The number of ether oxygens (including phenoxy) is 3. The molecule has 1 fully saturated rings. The van der Waals surface area contributed by atoms with Gasteiger partial charge in [-0.25, -0.2) is 9.37 Å². The molecule has 10 heteroatoms. The van der Waals surface area contributed by atoms with Gasteiger partial charge in [0.05, 0.1) is 35.5 Å². The van der Waals surface area contributed by atoms with Gasteiger partial charge in [0.25, 0.3) is 5.78 Å². The number of Topliss-reactive ketones (excluding diaryl/α,β-unsaturated/α-hetero) is 1. The zero-order valence-corrected chi connectivity index (χ0v) is 22.8. The van der Waals surface area contributed by atoms with Crippen molar-refractivity contribution in [3.05, 3.63) is 82.7 Å². The van der Waals surface area contributed by atoms with Crippen LogP contribution in [0.25, 0.3) is 16.0 Å². The van der Waals surface area contributed by atoms with Gasteiger partial charge >= 0.3 is 5.91 Å². The van der Waals surface area contributed by atoms with E-state index < -0.39 is 23.5 Å². The molecule has 3 aromatic carbocycles. The largest absolute Gasteiger partial charge is 0.507 e. The number of benzene rings is 3. The van der Waals surface area contributed by atoms with Crippen molar-refractivity contribution >= 4 is 44.1 Å². The Labute approximate surface area is 233 Å². The van der Waals surface area contributed by atoms with Crippen LogP contribution >= 0.6 is 11.3 Å². The molecule has 204 valence electrons. The van der Waals surface area contributed by atoms with E-state index >= 15 is 0 Å². The van der Waals surface area contributed by atoms with Gasteiger partial charge in [0.1, 0.15) is 23.4 Å². The number of methoxy groups -OCH3 is 1. The lowest BCUT2D eigenvalue weighted by Gasteiger charge is -2.24. The first-order chi connectivity index (χ1) is 19.3. The van der Waals surface area contributed by atoms with E-state index in [0.717, 1.165) is 22.6 Å². The Morgan fingerprint density at radius 1 is 1.15 bits per heavy atom. The van der Waals surface area contributed by atoms with Crippen LogP contribution in [0.15, 0.2) is 60.2 Å². The SMILES string of the molecule is CCOc1ccc([C@H]2C(=C(O)c3ccc4c(c3)C[C@H](C)O4)C(=O)C(=O)N2c2nc3ccc(F)cc3s2)cc1OC. The monoisotopic (exact) mass is 560 g/mol. The number of carbonyl (C=O) groups excluding carboxylic acids is 2. The van der Waals surface area contributed by atoms with Gasteiger partial charge in [0.15, 0.2) is 16.6 Å². The summed E-state index contributed by atoms with van der Waals surface area (Å²) in [6.45, 7) is 4.21. The Hall–Kier alpha value is -4.44. The Morgan fingerprint density at radius 3 is 2.75 bits per heavy atom. The third-order valence-electron chi connectivity index (χ3n) is 6.96. The first-order valence-electron chi connectivity index (χ1n) is 12.8. The highest BCUT2D eigenvalue weighted by Crippen LogP contribution is 2.46. The number of anilines is 1. The topological polar surface area (TPSA) is 98.2 Å². The van der Waals surface area contributed by atoms with E-state index in [9.17, 15) is 19.1 Å². The van der Waals surface area contributed by atoms with Crippen molar-refractivity contribution in [3.8, 4) is 17.2 Å². The van der Waals surface area contributed by atoms with Crippen LogP contribution in [0.2, 0.25) is 0 Å². The molecule has 1 amide bonds. The second-order valence-corrected chi connectivity index (χ2v) is 10.6. The van der Waals surface area contributed by atoms with Crippen molar-refractivity contribution in [1.29, 1.82) is 0 Å². The number of amides is 1. The molecule has 2 atom stereocenters. The molecule has 3 heterocycles. The van der Waals surface area contributed by atoms with E-state index in [1.54, 1.807) is 36.4 Å². The molecule has 1 aromatic heterocycles. The number of aliphatic hydroxyl groups is 1. The molecular formula is C30H25FN2O6S. The summed E-state index contributed by atoms with van der Waals surface area (Å²) in [5.74, 6) is -0.837. The number of fused-ring (bicyclic) bond motifs is 2. The number of ketones is 1. The van der Waals surface area contributed by atoms with Gasteiger partial charge < -0.3 is 19.3 Å². The summed E-state index contributed by atoms with van der Waals surface area (Å²) in [5.41, 5.74) is 2.19. The van der Waals surface area contributed by atoms with Crippen molar-refractivity contribution in [2.24, 2.45) is 0 Å². The van der Waals surface area contributed by atoms with Crippen LogP contribution in [0, 0.1) is 5.82 Å². The maximum atomic E-state index is 13.9. The molecule has 0 saturated carbocycles. The normalized spacial score (nSPS) is 19.6. The average molecular weight is 561 g/mol. The minimum Gasteiger partial charge on any atom is -0.507 e. The second kappa shape index (κ2) is 9.95. The highest BCUT2D eigenvalue weighted by atomic mass is 32.1. The predicted octanol–water partition coefficient (Wildman–Crippen LogP) is 5.79. The second-order valence-electron chi connectivity index (χ2n) is 9.58. The molecule has 0 unspecified atom stereocenters. The zero-order chi connectivity index (χ0) is 28.1. The molecule has 0 bridgehead atoms. The minimum atomic E-state index is -1.03. The molecule has 2 aliphatic rings. The van der Waals surface area contributed by atoms with Crippen molar-refractivity contribution < 1.29 is 33.3 Å². The molecule has 1 N–H and O–H groups in total. The molecule has 2 aliphatic heterocycles. The van der Waals surface area contributed by atoms with E-state index in [0.29, 0.717) is 45.9 Å². The fourth-order valence-corrected chi connectivity index (χ4v) is 6.21. The van der Waals surface area contributed by atoms with Crippen molar-refractivity contribution in [2.45, 2.75) is 32.4 Å². The third-order valence-corrected chi connectivity index (χ3v) is 7.98. The number of nitrogens with zero attached hydrogens (tertiary/aromatic N) is 2. The van der Waals surface area contributed by atoms with E-state index in [-0.39, 0.29) is 22.6 Å². The van der Waals surface area contributed by atoms with E-state index in [2.05, 4.69) is 4.98 Å². The third kappa shape index (κ3) is 4.24. The van der Waals surface area contributed by atoms with Crippen LogP contribution in [0.4, 0.5) is 9.52 Å². The number of hydrogen-bond donors (Lipinski definition) is 1. The van der Waals surface area contributed by atoms with Crippen LogP contribution in [0.1, 0.15) is 36.6 Å². The van der Waals surface area contributed by atoms with Crippen LogP contribution in [-0.4, -0.2) is 41.6 Å². The lowest BCUT2D eigenvalue weighted by Crippen LogP contribution is -2.29. The first-order valence-corrected chi connectivity index (χ1v) is 13.6. The fourth-order valence-electron chi connectivity index (χ4n) is 5.19. The summed E-state index contributed by atoms with van der Waals surface area (Å²) < 4.78 is 31.4. The van der Waals surface area contributed by atoms with Crippen molar-refractivity contribution in [3.63, 3.8) is 0 Å². The van der Waals surface area contributed by atoms with E-state index in [1.165, 1.54) is 30.2 Å². The van der Waals surface area contributed by atoms with Gasteiger partial charge in [-0.2, -0.15) is 0 Å². The predicted molar refractivity (Wildman–Crippen MR) is 149 cm³/mol. The number of halogens is 1. The number of rotatable bonds is 6. The van der Waals surface area contributed by atoms with Crippen LogP contribution in [-0.2, 0) is 16.0 Å². The van der Waals surface area contributed by atoms with Crippen molar-refractivity contribution in [1.82, 2.24) is 4.98 Å². The Balaban J connectivity index is 1.55. The number of carbonyl (C=O) groups is 2. The number of thiazole rings is 1. The highest BCUT2D eigenvalue weighted by molar-refractivity contribution is 7.22. The van der Waals surface area contributed by atoms with Gasteiger partial charge in [0, 0.05) is 12.0 Å². The molecule has 8 nitrogen and oxygen atoms in total. The Bertz CT molecular complexity index is 1710. The Kier molecular flexibility index (Phi) is 6.42. The molecule has 40 heavy (non-hydrogen) atoms. The molecule has 4 aromatic rings. The molecule has 0 radical (unpaired) electrons. The summed E-state index contributed by atoms with van der Waals surface area (Å²) in [4.78, 5) is 33.0. The summed E-state index contributed by atoms with van der Waals surface area (Å²) in [6, 6.07) is 13.4. The summed E-state index contributed by atoms with van der Waals surface area (Å²) >= 11 is 1.09. The zero-order valence-electron chi connectivity index (χ0n) is 21.9. The van der Waals surface area contributed by atoms with Crippen molar-refractivity contribution in [2.75, 3.05) is 18.6 Å². The summed E-state index contributed by atoms with van der Waals surface area (Å²) in [7, 11) is 1.49. The number of aromatic nitrogens is 1. The molecule has 1 saturated heterocycles. The standard InChI is InChI=1S/C30H25FN2O6S/c1-4-38-22-10-5-16(13-23(22)37-3)26-25(27(34)17-6-9-21-18(12-17)11-15(2)39-21)28(35)29(36)33(26)30-32-20-8-7-19(31)14-24(20)40-30/h5-10,12-15,26,34H,4,11H2,1-3H3/t15-,26-/m0/s1. The van der Waals surface area contributed by atoms with Gasteiger partial charge in [-0.15, -0.1) is 0 Å². The average Bonchev–Trinajstić information content (AvgIpc) is 3.60. The van der Waals surface area contributed by atoms with Crippen LogP contribution < -0.4 is 19.1 Å². The van der Waals surface area contributed by atoms with Gasteiger partial charge in [-0.3, -0.25) is 14.5 Å². The fraction of sp³-hybridized carbons (Fsp3) is 0.233. The maximum absolute atomic E-state index is 13.9. The summed E-state index contributed by atoms with van der Waals surface area (Å²) in [6.07, 6.45) is 0.658. The Morgan fingerprint density at radius 2 is 1.98 bits per heavy atom. The summed E-state index contributed by atoms with van der Waals surface area (Å²) in [5, 5.41) is 11.8. The number of aliphatic hydroxyl groups excluding tert-OH is 1. The molecule has 6 rings (SSSR count). The van der Waals surface area contributed by atoms with E-state index in [4.69, 9.17) is 14.2 Å². The van der Waals surface area contributed by atoms with Gasteiger partial charge in [0.2, 0.25) is 0 Å². The molecular weight excluding hydrogens is 535 g/mol. The minimum absolute atomic E-state index is 0.00170. The lowest BCUT2D eigenvalue weighted by atomic mass is 9.94. The van der Waals surface area contributed by atoms with Crippen LogP contribution in [0.3, 0.4) is 0 Å². The number of hydrogen-bond acceptors (Lipinski definition) is 8. The molecule has 0 aliphatic carbocycles. The van der Waals surface area contributed by atoms with E-state index in [1.807, 2.05) is 13.8 Å². The highest BCUT2D eigenvalue weighted by Gasteiger charge is 2.48. The smallest absolute Gasteiger partial charge is 0.301 e. The quantitative estimate of drug-likeness (QED) is 0.181. The maximum Gasteiger partial charge on any atom is 0.301 e. The molecule has 0 spiro atoms. The van der Waals surface area contributed by atoms with Crippen LogP contribution in [0.5, 0.6) is 17.2 Å².